The van der Waals surface area contributed by atoms with Gasteiger partial charge in [-0.25, -0.2) is 5.16 Å². The van der Waals surface area contributed by atoms with Gasteiger partial charge >= 0.3 is 4.84 Å². The highest BCUT2D eigenvalue weighted by molar-refractivity contribution is 9.10. The summed E-state index contributed by atoms with van der Waals surface area (Å²) < 4.78 is 5.84. The third kappa shape index (κ3) is 5.82. The maximum atomic E-state index is 13.1. The fraction of sp³-hybridized carbons (Fsp3) is 0.259. The van der Waals surface area contributed by atoms with Gasteiger partial charge in [0, 0.05) is 21.1 Å². The highest BCUT2D eigenvalue weighted by Crippen LogP contribution is 2.43. The van der Waals surface area contributed by atoms with E-state index in [1.54, 1.807) is 23.1 Å². The first-order valence-corrected chi connectivity index (χ1v) is 13.3. The number of carbonyl (C=O) groups excluding carboxylic acids is 2. The smallest absolute Gasteiger partial charge is 0.314 e. The first-order valence-electron chi connectivity index (χ1n) is 12.1. The van der Waals surface area contributed by atoms with Crippen LogP contribution >= 0.6 is 28.1 Å². The SMILES string of the molecule is CCN(CC)CC.O=C1CC(=O)N(c2cccc(-c3nc(=S)o[nH]3)c2)c2cc(Br)c3ccccc3c2N1. The molecule has 1 aromatic heterocycles. The van der Waals surface area contributed by atoms with Crippen LogP contribution in [0.4, 0.5) is 17.1 Å². The van der Waals surface area contributed by atoms with Crippen LogP contribution in [0.25, 0.3) is 22.2 Å². The lowest BCUT2D eigenvalue weighted by molar-refractivity contribution is -0.124. The van der Waals surface area contributed by atoms with E-state index in [1.165, 1.54) is 19.6 Å². The molecule has 2 N–H and O–H groups in total. The number of fused-ring (bicyclic) bond motifs is 3. The number of amides is 2. The van der Waals surface area contributed by atoms with E-state index in [1.807, 2.05) is 36.4 Å². The van der Waals surface area contributed by atoms with Gasteiger partial charge in [-0.05, 0) is 55.4 Å². The summed E-state index contributed by atoms with van der Waals surface area (Å²) in [5, 5.41) is 7.35. The summed E-state index contributed by atoms with van der Waals surface area (Å²) in [7, 11) is 0. The molecule has 2 amide bonds. The summed E-state index contributed by atoms with van der Waals surface area (Å²) in [5.74, 6) is -0.232. The lowest BCUT2D eigenvalue weighted by Gasteiger charge is -2.24. The molecule has 0 radical (unpaired) electrons. The van der Waals surface area contributed by atoms with Gasteiger partial charge in [0.2, 0.25) is 11.8 Å². The molecular weight excluding hydrogens is 554 g/mol. The number of rotatable bonds is 5. The van der Waals surface area contributed by atoms with Crippen LogP contribution in [0.15, 0.2) is 63.6 Å². The Bertz CT molecular complexity index is 1490. The molecule has 0 unspecified atom stereocenters. The van der Waals surface area contributed by atoms with Crippen LogP contribution in [-0.4, -0.2) is 46.5 Å². The van der Waals surface area contributed by atoms with E-state index in [9.17, 15) is 9.59 Å². The van der Waals surface area contributed by atoms with E-state index in [-0.39, 0.29) is 23.1 Å². The summed E-state index contributed by atoms with van der Waals surface area (Å²) in [4.78, 5) is 33.7. The third-order valence-electron chi connectivity index (χ3n) is 6.20. The van der Waals surface area contributed by atoms with Crippen molar-refractivity contribution in [1.29, 1.82) is 0 Å². The molecule has 0 aliphatic carbocycles. The molecule has 10 heteroatoms. The van der Waals surface area contributed by atoms with Gasteiger partial charge in [0.15, 0.2) is 5.82 Å². The number of hydrogen-bond acceptors (Lipinski definition) is 6. The normalized spacial score (nSPS) is 13.2. The molecule has 0 saturated carbocycles. The number of aromatic amines is 1. The van der Waals surface area contributed by atoms with Gasteiger partial charge in [-0.2, -0.15) is 4.98 Å². The second-order valence-electron chi connectivity index (χ2n) is 8.35. The van der Waals surface area contributed by atoms with Crippen molar-refractivity contribution in [3.63, 3.8) is 0 Å². The predicted octanol–water partition coefficient (Wildman–Crippen LogP) is 6.67. The zero-order valence-corrected chi connectivity index (χ0v) is 23.3. The number of H-pyrrole nitrogens is 1. The summed E-state index contributed by atoms with van der Waals surface area (Å²) >= 11 is 8.53. The monoisotopic (exact) mass is 581 g/mol. The van der Waals surface area contributed by atoms with Crippen molar-refractivity contribution in [1.82, 2.24) is 15.0 Å². The molecule has 0 atom stereocenters. The Labute approximate surface area is 228 Å². The minimum Gasteiger partial charge on any atom is -0.348 e. The predicted molar refractivity (Wildman–Crippen MR) is 153 cm³/mol. The van der Waals surface area contributed by atoms with E-state index >= 15 is 0 Å². The van der Waals surface area contributed by atoms with E-state index in [4.69, 9.17) is 16.7 Å². The van der Waals surface area contributed by atoms with E-state index in [2.05, 4.69) is 57.1 Å². The van der Waals surface area contributed by atoms with Crippen LogP contribution in [0, 0.1) is 4.84 Å². The molecule has 0 fully saturated rings. The van der Waals surface area contributed by atoms with Crippen molar-refractivity contribution in [2.45, 2.75) is 27.2 Å². The van der Waals surface area contributed by atoms with Crippen LogP contribution in [0.3, 0.4) is 0 Å². The molecule has 0 saturated heterocycles. The van der Waals surface area contributed by atoms with Crippen LogP contribution in [-0.2, 0) is 9.59 Å². The molecule has 5 rings (SSSR count). The summed E-state index contributed by atoms with van der Waals surface area (Å²) in [6.45, 7) is 10.1. The molecular formula is C27H28BrN5O3S. The average molecular weight is 583 g/mol. The molecule has 8 nitrogen and oxygen atoms in total. The maximum absolute atomic E-state index is 13.1. The maximum Gasteiger partial charge on any atom is 0.314 e. The Hall–Kier alpha value is -3.34. The molecule has 37 heavy (non-hydrogen) atoms. The van der Waals surface area contributed by atoms with Crippen molar-refractivity contribution in [2.75, 3.05) is 29.9 Å². The molecule has 3 aromatic carbocycles. The molecule has 192 valence electrons. The number of anilines is 3. The largest absolute Gasteiger partial charge is 0.348 e. The standard InChI is InChI=1S/C21H13BrN4O3S.C6H15N/c22-15-9-16-19(14-7-2-1-6-13(14)15)23-17(27)10-18(28)26(16)12-5-3-4-11(8-12)20-24-21(30)29-25-20;1-4-7(5-2)6-3/h1-9H,10H2,(H,23,27)(H,24,25,30);4-6H2,1-3H3. The number of aromatic nitrogens is 2. The minimum absolute atomic E-state index is 0.0943. The quantitative estimate of drug-likeness (QED) is 0.202. The fourth-order valence-corrected chi connectivity index (χ4v) is 4.95. The highest BCUT2D eigenvalue weighted by atomic mass is 79.9. The summed E-state index contributed by atoms with van der Waals surface area (Å²) in [5.41, 5.74) is 2.47. The lowest BCUT2D eigenvalue weighted by atomic mass is 10.1. The van der Waals surface area contributed by atoms with Gasteiger partial charge in [-0.3, -0.25) is 14.5 Å². The van der Waals surface area contributed by atoms with Crippen molar-refractivity contribution in [3.8, 4) is 11.4 Å². The first-order chi connectivity index (χ1) is 17.9. The van der Waals surface area contributed by atoms with Crippen LogP contribution in [0.1, 0.15) is 27.2 Å². The zero-order valence-electron chi connectivity index (χ0n) is 20.9. The Kier molecular flexibility index (Phi) is 8.52. The topological polar surface area (TPSA) is 94.5 Å². The van der Waals surface area contributed by atoms with Gasteiger partial charge < -0.3 is 14.7 Å². The molecule has 4 aromatic rings. The van der Waals surface area contributed by atoms with Crippen molar-refractivity contribution in [2.24, 2.45) is 0 Å². The Morgan fingerprint density at radius 3 is 2.35 bits per heavy atom. The first kappa shape index (κ1) is 26.7. The van der Waals surface area contributed by atoms with E-state index in [0.717, 1.165) is 15.2 Å². The van der Waals surface area contributed by atoms with Crippen molar-refractivity contribution < 1.29 is 14.1 Å². The van der Waals surface area contributed by atoms with E-state index in [0.29, 0.717) is 28.5 Å². The number of hydrogen-bond donors (Lipinski definition) is 2. The van der Waals surface area contributed by atoms with Gasteiger partial charge in [0.1, 0.15) is 6.42 Å². The Morgan fingerprint density at radius 2 is 1.73 bits per heavy atom. The van der Waals surface area contributed by atoms with Crippen LogP contribution < -0.4 is 10.2 Å². The van der Waals surface area contributed by atoms with Crippen LogP contribution in [0.2, 0.25) is 0 Å². The number of halogens is 1. The van der Waals surface area contributed by atoms with Crippen molar-refractivity contribution in [3.05, 3.63) is 63.9 Å². The molecule has 1 aliphatic heterocycles. The summed E-state index contributed by atoms with van der Waals surface area (Å²) in [6.07, 6.45) is -0.267. The zero-order chi connectivity index (χ0) is 26.5. The number of nitrogens with one attached hydrogen (secondary N) is 2. The second kappa shape index (κ2) is 11.8. The number of nitrogens with zero attached hydrogens (tertiary/aromatic N) is 3. The fourth-order valence-electron chi connectivity index (χ4n) is 4.26. The van der Waals surface area contributed by atoms with Gasteiger partial charge in [-0.15, -0.1) is 0 Å². The Morgan fingerprint density at radius 1 is 1.03 bits per heavy atom. The molecule has 1 aliphatic rings. The average Bonchev–Trinajstić information content (AvgIpc) is 3.29. The molecule has 2 heterocycles. The summed E-state index contributed by atoms with van der Waals surface area (Å²) in [6, 6.07) is 16.8. The highest BCUT2D eigenvalue weighted by Gasteiger charge is 2.29. The van der Waals surface area contributed by atoms with Gasteiger partial charge in [-0.1, -0.05) is 73.1 Å². The number of benzene rings is 3. The minimum atomic E-state index is -0.354. The molecule has 0 spiro atoms. The lowest BCUT2D eigenvalue weighted by Crippen LogP contribution is -2.26. The van der Waals surface area contributed by atoms with Gasteiger partial charge in [0.25, 0.3) is 0 Å². The van der Waals surface area contributed by atoms with Crippen LogP contribution in [0.5, 0.6) is 0 Å². The van der Waals surface area contributed by atoms with Crippen molar-refractivity contribution >= 4 is 67.8 Å². The van der Waals surface area contributed by atoms with Gasteiger partial charge in [0.05, 0.1) is 11.4 Å². The second-order valence-corrected chi connectivity index (χ2v) is 9.56. The third-order valence-corrected chi connectivity index (χ3v) is 7.03. The van der Waals surface area contributed by atoms with E-state index < -0.39 is 0 Å². The number of carbonyl (C=O) groups is 2. The Balaban J connectivity index is 0.000000405. The molecule has 0 bridgehead atoms.